The van der Waals surface area contributed by atoms with Crippen LogP contribution in [0.5, 0.6) is 17.2 Å². The molecule has 9 nitrogen and oxygen atoms in total. The standard InChI is InChI=1S/C21H18N4O5/c1-25-15-5-3-2-4-12(15)19(26)18(20(25)27)14-9-13(23-24-21(28)22-14)11-6-7-16-17(8-11)30-10-29-16/h2-9,13,23,26H,10H2,1H3,(H2,22,24,28)/t13-/m0/s1. The number of hydrogen-bond acceptors (Lipinski definition) is 6. The Morgan fingerprint density at radius 1 is 1.10 bits per heavy atom. The number of aromatic nitrogens is 1. The van der Waals surface area contributed by atoms with Crippen molar-refractivity contribution >= 4 is 22.6 Å². The number of fused-ring (bicyclic) bond motifs is 2. The Bertz CT molecular complexity index is 1280. The molecule has 0 bridgehead atoms. The monoisotopic (exact) mass is 406 g/mol. The smallest absolute Gasteiger partial charge is 0.333 e. The van der Waals surface area contributed by atoms with Crippen LogP contribution in [0.2, 0.25) is 0 Å². The van der Waals surface area contributed by atoms with Crippen molar-refractivity contribution in [2.45, 2.75) is 6.04 Å². The Labute approximate surface area is 170 Å². The molecule has 3 aromatic rings. The molecule has 0 saturated carbocycles. The molecule has 4 N–H and O–H groups in total. The minimum absolute atomic E-state index is 0.0146. The van der Waals surface area contributed by atoms with Gasteiger partial charge in [0.05, 0.1) is 17.3 Å². The molecule has 0 unspecified atom stereocenters. The normalized spacial score (nSPS) is 17.8. The predicted octanol–water partition coefficient (Wildman–Crippen LogP) is 1.87. The summed E-state index contributed by atoms with van der Waals surface area (Å²) in [6, 6.07) is 11.4. The van der Waals surface area contributed by atoms with E-state index in [9.17, 15) is 14.7 Å². The van der Waals surface area contributed by atoms with E-state index in [1.54, 1.807) is 49.5 Å². The molecule has 2 aliphatic rings. The number of hydrazine groups is 1. The van der Waals surface area contributed by atoms with E-state index in [1.807, 2.05) is 6.07 Å². The number of nitrogens with zero attached hydrogens (tertiary/aromatic N) is 1. The number of rotatable bonds is 2. The molecule has 2 aromatic carbocycles. The summed E-state index contributed by atoms with van der Waals surface area (Å²) in [5, 5.41) is 14.0. The van der Waals surface area contributed by atoms with Gasteiger partial charge >= 0.3 is 6.03 Å². The minimum Gasteiger partial charge on any atom is -0.506 e. The Morgan fingerprint density at radius 3 is 2.77 bits per heavy atom. The van der Waals surface area contributed by atoms with Crippen LogP contribution in [0.25, 0.3) is 16.6 Å². The topological polar surface area (TPSA) is 114 Å². The van der Waals surface area contributed by atoms with Crippen LogP contribution in [0.4, 0.5) is 4.79 Å². The van der Waals surface area contributed by atoms with Gasteiger partial charge in [0, 0.05) is 12.4 Å². The third-order valence-corrected chi connectivity index (χ3v) is 5.22. The molecule has 30 heavy (non-hydrogen) atoms. The Kier molecular flexibility index (Phi) is 4.11. The average molecular weight is 406 g/mol. The number of ether oxygens (including phenoxy) is 2. The van der Waals surface area contributed by atoms with Crippen LogP contribution in [-0.4, -0.2) is 22.5 Å². The van der Waals surface area contributed by atoms with Gasteiger partial charge in [-0.3, -0.25) is 10.2 Å². The number of nitrogens with one attached hydrogen (secondary N) is 3. The molecule has 1 atom stereocenters. The van der Waals surface area contributed by atoms with Gasteiger partial charge in [-0.1, -0.05) is 18.2 Å². The number of para-hydroxylation sites is 1. The van der Waals surface area contributed by atoms with Crippen LogP contribution >= 0.6 is 0 Å². The van der Waals surface area contributed by atoms with Crippen LogP contribution in [0.1, 0.15) is 17.2 Å². The maximum absolute atomic E-state index is 13.1. The first-order chi connectivity index (χ1) is 14.5. The lowest BCUT2D eigenvalue weighted by Crippen LogP contribution is -2.42. The second-order valence-corrected chi connectivity index (χ2v) is 7.00. The summed E-state index contributed by atoms with van der Waals surface area (Å²) < 4.78 is 12.2. The van der Waals surface area contributed by atoms with Gasteiger partial charge in [0.25, 0.3) is 5.56 Å². The summed E-state index contributed by atoms with van der Waals surface area (Å²) in [7, 11) is 1.62. The highest BCUT2D eigenvalue weighted by atomic mass is 16.7. The molecule has 3 heterocycles. The molecule has 152 valence electrons. The molecule has 2 amide bonds. The van der Waals surface area contributed by atoms with Crippen LogP contribution in [0.3, 0.4) is 0 Å². The molecule has 0 saturated heterocycles. The highest BCUT2D eigenvalue weighted by Gasteiger charge is 2.25. The number of aromatic hydroxyl groups is 1. The maximum Gasteiger partial charge on any atom is 0.333 e. The van der Waals surface area contributed by atoms with Crippen LogP contribution < -0.4 is 31.2 Å². The Morgan fingerprint density at radius 2 is 1.90 bits per heavy atom. The van der Waals surface area contributed by atoms with Crippen molar-refractivity contribution in [1.29, 1.82) is 0 Å². The number of carbonyl (C=O) groups excluding carboxylic acids is 1. The Hall–Kier alpha value is -3.98. The fourth-order valence-corrected chi connectivity index (χ4v) is 3.70. The SMILES string of the molecule is Cn1c(=O)c(C2=C[C@@H](c3ccc4c(c3)OCO4)NNC(=O)N2)c(O)c2ccccc21. The first-order valence-corrected chi connectivity index (χ1v) is 9.28. The van der Waals surface area contributed by atoms with E-state index in [0.29, 0.717) is 22.4 Å². The minimum atomic E-state index is -0.556. The zero-order valence-corrected chi connectivity index (χ0v) is 15.9. The van der Waals surface area contributed by atoms with E-state index in [4.69, 9.17) is 9.47 Å². The maximum atomic E-state index is 13.1. The second-order valence-electron chi connectivity index (χ2n) is 7.00. The van der Waals surface area contributed by atoms with Gasteiger partial charge in [-0.05, 0) is 35.9 Å². The van der Waals surface area contributed by atoms with E-state index in [0.717, 1.165) is 5.56 Å². The zero-order chi connectivity index (χ0) is 20.8. The van der Waals surface area contributed by atoms with Crippen molar-refractivity contribution in [3.05, 3.63) is 70.0 Å². The molecule has 0 fully saturated rings. The van der Waals surface area contributed by atoms with E-state index in [1.165, 1.54) is 4.57 Å². The number of aryl methyl sites for hydroxylation is 1. The number of amides is 2. The molecule has 0 radical (unpaired) electrons. The van der Waals surface area contributed by atoms with Crippen molar-refractivity contribution in [2.75, 3.05) is 6.79 Å². The quantitative estimate of drug-likeness (QED) is 0.517. The number of hydrogen-bond donors (Lipinski definition) is 4. The lowest BCUT2D eigenvalue weighted by molar-refractivity contribution is 0.174. The van der Waals surface area contributed by atoms with Gasteiger partial charge in [-0.15, -0.1) is 0 Å². The number of carbonyl (C=O) groups is 1. The predicted molar refractivity (Wildman–Crippen MR) is 109 cm³/mol. The summed E-state index contributed by atoms with van der Waals surface area (Å²) in [5.74, 6) is 1.05. The van der Waals surface area contributed by atoms with Crippen molar-refractivity contribution in [3.8, 4) is 17.2 Å². The first-order valence-electron chi connectivity index (χ1n) is 9.28. The van der Waals surface area contributed by atoms with Gasteiger partial charge in [0.15, 0.2) is 11.5 Å². The van der Waals surface area contributed by atoms with Crippen LogP contribution in [-0.2, 0) is 7.05 Å². The highest BCUT2D eigenvalue weighted by Crippen LogP contribution is 2.36. The van der Waals surface area contributed by atoms with Crippen molar-refractivity contribution in [2.24, 2.45) is 7.05 Å². The average Bonchev–Trinajstić information content (AvgIpc) is 3.14. The zero-order valence-electron chi connectivity index (χ0n) is 15.9. The highest BCUT2D eigenvalue weighted by molar-refractivity contribution is 5.94. The molecule has 1 aromatic heterocycles. The molecule has 0 aliphatic carbocycles. The van der Waals surface area contributed by atoms with E-state index in [2.05, 4.69) is 16.2 Å². The molecule has 2 aliphatic heterocycles. The van der Waals surface area contributed by atoms with Gasteiger partial charge in [-0.25, -0.2) is 10.2 Å². The molecular weight excluding hydrogens is 388 g/mol. The van der Waals surface area contributed by atoms with Crippen LogP contribution in [0, 0.1) is 0 Å². The molecule has 9 heteroatoms. The summed E-state index contributed by atoms with van der Waals surface area (Å²) in [5.41, 5.74) is 6.59. The Balaban J connectivity index is 1.67. The number of benzene rings is 2. The molecule has 0 spiro atoms. The van der Waals surface area contributed by atoms with Gasteiger partial charge in [0.2, 0.25) is 6.79 Å². The summed E-state index contributed by atoms with van der Waals surface area (Å²) in [6.07, 6.45) is 1.67. The first kappa shape index (κ1) is 18.1. The third kappa shape index (κ3) is 2.83. The van der Waals surface area contributed by atoms with Crippen molar-refractivity contribution in [3.63, 3.8) is 0 Å². The van der Waals surface area contributed by atoms with Gasteiger partial charge in [0.1, 0.15) is 11.3 Å². The number of pyridine rings is 1. The lowest BCUT2D eigenvalue weighted by Gasteiger charge is -2.15. The largest absolute Gasteiger partial charge is 0.506 e. The van der Waals surface area contributed by atoms with E-state index in [-0.39, 0.29) is 23.8 Å². The summed E-state index contributed by atoms with van der Waals surface area (Å²) in [6.45, 7) is 0.150. The van der Waals surface area contributed by atoms with Gasteiger partial charge < -0.3 is 24.5 Å². The lowest BCUT2D eigenvalue weighted by atomic mass is 10.0. The fraction of sp³-hybridized carbons (Fsp3) is 0.143. The van der Waals surface area contributed by atoms with Crippen LogP contribution in [0.15, 0.2) is 53.3 Å². The molecular formula is C21H18N4O5. The van der Waals surface area contributed by atoms with Crippen molar-refractivity contribution < 1.29 is 19.4 Å². The second kappa shape index (κ2) is 6.82. The molecule has 5 rings (SSSR count). The third-order valence-electron chi connectivity index (χ3n) is 5.22. The number of urea groups is 1. The van der Waals surface area contributed by atoms with E-state index >= 15 is 0 Å². The van der Waals surface area contributed by atoms with Crippen molar-refractivity contribution in [1.82, 2.24) is 20.7 Å². The van der Waals surface area contributed by atoms with Gasteiger partial charge in [-0.2, -0.15) is 0 Å². The fourth-order valence-electron chi connectivity index (χ4n) is 3.70. The van der Waals surface area contributed by atoms with E-state index < -0.39 is 17.6 Å². The summed E-state index contributed by atoms with van der Waals surface area (Å²) >= 11 is 0. The summed E-state index contributed by atoms with van der Waals surface area (Å²) in [4.78, 5) is 25.3.